The zero-order valence-corrected chi connectivity index (χ0v) is 22.0. The number of hydrogen-bond donors (Lipinski definition) is 1. The van der Waals surface area contributed by atoms with Crippen LogP contribution in [0.5, 0.6) is 11.5 Å². The molecule has 1 unspecified atom stereocenters. The standard InChI is InChI=1S/C29H38N2O5/c1-6-30(7-2)16-17-31-26(22-13-14-23(24(19-22)35-5)36-18-15-20(3)4)25(28(33)29(31)34)27(32)21-11-9-8-10-12-21/h8-14,19-20,26,32H,6-7,15-18H2,1-5H3. The van der Waals surface area contributed by atoms with Crippen LogP contribution in [-0.4, -0.2) is 66.5 Å². The Labute approximate surface area is 214 Å². The third-order valence-corrected chi connectivity index (χ3v) is 6.59. The van der Waals surface area contributed by atoms with Gasteiger partial charge in [0.05, 0.1) is 25.3 Å². The maximum Gasteiger partial charge on any atom is 0.295 e. The second-order valence-corrected chi connectivity index (χ2v) is 9.33. The average Bonchev–Trinajstić information content (AvgIpc) is 3.14. The number of rotatable bonds is 12. The average molecular weight is 495 g/mol. The van der Waals surface area contributed by atoms with Crippen molar-refractivity contribution in [3.8, 4) is 11.5 Å². The summed E-state index contributed by atoms with van der Waals surface area (Å²) >= 11 is 0. The van der Waals surface area contributed by atoms with E-state index < -0.39 is 17.7 Å². The molecule has 0 radical (unpaired) electrons. The Morgan fingerprint density at radius 3 is 2.36 bits per heavy atom. The first-order valence-electron chi connectivity index (χ1n) is 12.7. The Morgan fingerprint density at radius 2 is 1.75 bits per heavy atom. The minimum Gasteiger partial charge on any atom is -0.507 e. The van der Waals surface area contributed by atoms with Crippen LogP contribution in [0.3, 0.4) is 0 Å². The van der Waals surface area contributed by atoms with Crippen LogP contribution >= 0.6 is 0 Å². The number of carbonyl (C=O) groups is 2. The molecule has 1 amide bonds. The number of likely N-dealkylation sites (tertiary alicyclic amines) is 1. The van der Waals surface area contributed by atoms with E-state index in [0.717, 1.165) is 19.5 Å². The highest BCUT2D eigenvalue weighted by atomic mass is 16.5. The summed E-state index contributed by atoms with van der Waals surface area (Å²) in [4.78, 5) is 30.2. The lowest BCUT2D eigenvalue weighted by Crippen LogP contribution is -2.38. The maximum absolute atomic E-state index is 13.2. The fourth-order valence-corrected chi connectivity index (χ4v) is 4.38. The molecule has 1 aliphatic rings. The van der Waals surface area contributed by atoms with Crippen LogP contribution in [-0.2, 0) is 9.59 Å². The van der Waals surface area contributed by atoms with Gasteiger partial charge in [-0.1, -0.05) is 64.1 Å². The molecule has 7 heteroatoms. The largest absolute Gasteiger partial charge is 0.507 e. The van der Waals surface area contributed by atoms with Crippen molar-refractivity contribution in [2.24, 2.45) is 5.92 Å². The van der Waals surface area contributed by atoms with E-state index in [1.807, 2.05) is 18.2 Å². The summed E-state index contributed by atoms with van der Waals surface area (Å²) in [5.74, 6) is 0.160. The number of aliphatic hydroxyl groups excluding tert-OH is 1. The maximum atomic E-state index is 13.2. The number of nitrogens with zero attached hydrogens (tertiary/aromatic N) is 2. The Kier molecular flexibility index (Phi) is 9.53. The SMILES string of the molecule is CCN(CC)CCN1C(=O)C(=O)C(=C(O)c2ccccc2)C1c1ccc(OCCC(C)C)c(OC)c1. The van der Waals surface area contributed by atoms with Crippen molar-refractivity contribution in [3.05, 3.63) is 65.2 Å². The summed E-state index contributed by atoms with van der Waals surface area (Å²) in [5, 5.41) is 11.2. The normalized spacial score (nSPS) is 17.3. The quantitative estimate of drug-likeness (QED) is 0.257. The van der Waals surface area contributed by atoms with Gasteiger partial charge in [-0.25, -0.2) is 0 Å². The van der Waals surface area contributed by atoms with Gasteiger partial charge in [-0.3, -0.25) is 9.59 Å². The topological polar surface area (TPSA) is 79.3 Å². The highest BCUT2D eigenvalue weighted by molar-refractivity contribution is 6.46. The third kappa shape index (κ3) is 6.08. The molecule has 194 valence electrons. The predicted molar refractivity (Wildman–Crippen MR) is 141 cm³/mol. The van der Waals surface area contributed by atoms with Gasteiger partial charge in [0.25, 0.3) is 11.7 Å². The minimum absolute atomic E-state index is 0.0845. The van der Waals surface area contributed by atoms with Gasteiger partial charge in [0.15, 0.2) is 11.5 Å². The van der Waals surface area contributed by atoms with E-state index in [9.17, 15) is 14.7 Å². The van der Waals surface area contributed by atoms with E-state index in [1.165, 1.54) is 0 Å². The molecule has 0 aliphatic carbocycles. The van der Waals surface area contributed by atoms with Crippen molar-refractivity contribution in [1.29, 1.82) is 0 Å². The minimum atomic E-state index is -0.737. The van der Waals surface area contributed by atoms with Gasteiger partial charge >= 0.3 is 0 Å². The fourth-order valence-electron chi connectivity index (χ4n) is 4.38. The van der Waals surface area contributed by atoms with Crippen molar-refractivity contribution >= 4 is 17.4 Å². The molecular weight excluding hydrogens is 456 g/mol. The van der Waals surface area contributed by atoms with Gasteiger partial charge in [0.2, 0.25) is 0 Å². The second kappa shape index (κ2) is 12.6. The van der Waals surface area contributed by atoms with Crippen LogP contribution in [0.15, 0.2) is 54.1 Å². The van der Waals surface area contributed by atoms with Crippen molar-refractivity contribution in [2.45, 2.75) is 40.2 Å². The Balaban J connectivity index is 2.06. The number of hydrogen-bond acceptors (Lipinski definition) is 6. The summed E-state index contributed by atoms with van der Waals surface area (Å²) in [5.41, 5.74) is 1.26. The zero-order valence-electron chi connectivity index (χ0n) is 22.0. The molecule has 2 aromatic carbocycles. The van der Waals surface area contributed by atoms with Crippen LogP contribution < -0.4 is 9.47 Å². The van der Waals surface area contributed by atoms with E-state index in [0.29, 0.717) is 48.2 Å². The van der Waals surface area contributed by atoms with Gasteiger partial charge in [-0.2, -0.15) is 0 Å². The lowest BCUT2D eigenvalue weighted by molar-refractivity contribution is -0.140. The molecule has 1 N–H and O–H groups in total. The molecule has 36 heavy (non-hydrogen) atoms. The first-order chi connectivity index (χ1) is 17.3. The number of Topliss-reactive ketones (excluding diaryl/α,β-unsaturated/α-hetero) is 1. The Hall–Kier alpha value is -3.32. The van der Waals surface area contributed by atoms with E-state index in [1.54, 1.807) is 42.3 Å². The third-order valence-electron chi connectivity index (χ3n) is 6.59. The van der Waals surface area contributed by atoms with E-state index >= 15 is 0 Å². The predicted octanol–water partition coefficient (Wildman–Crippen LogP) is 4.88. The number of methoxy groups -OCH3 is 1. The van der Waals surface area contributed by atoms with Crippen LogP contribution in [0.25, 0.3) is 5.76 Å². The molecular formula is C29H38N2O5. The molecule has 1 atom stereocenters. The van der Waals surface area contributed by atoms with Crippen molar-refractivity contribution in [2.75, 3.05) is 39.9 Å². The number of likely N-dealkylation sites (N-methyl/N-ethyl adjacent to an activating group) is 1. The van der Waals surface area contributed by atoms with Gasteiger partial charge in [0, 0.05) is 18.7 Å². The van der Waals surface area contributed by atoms with Crippen molar-refractivity contribution < 1.29 is 24.2 Å². The zero-order chi connectivity index (χ0) is 26.2. The van der Waals surface area contributed by atoms with Gasteiger partial charge in [0.1, 0.15) is 5.76 Å². The van der Waals surface area contributed by atoms with E-state index in [-0.39, 0.29) is 11.3 Å². The number of ether oxygens (including phenoxy) is 2. The highest BCUT2D eigenvalue weighted by Gasteiger charge is 2.46. The smallest absolute Gasteiger partial charge is 0.295 e. The molecule has 1 saturated heterocycles. The summed E-state index contributed by atoms with van der Waals surface area (Å²) in [7, 11) is 1.57. The number of amides is 1. The second-order valence-electron chi connectivity index (χ2n) is 9.33. The molecule has 7 nitrogen and oxygen atoms in total. The van der Waals surface area contributed by atoms with Gasteiger partial charge in [-0.15, -0.1) is 0 Å². The molecule has 1 fully saturated rings. The van der Waals surface area contributed by atoms with Crippen molar-refractivity contribution in [3.63, 3.8) is 0 Å². The molecule has 1 heterocycles. The molecule has 3 rings (SSSR count). The molecule has 0 bridgehead atoms. The summed E-state index contributed by atoms with van der Waals surface area (Å²) < 4.78 is 11.5. The summed E-state index contributed by atoms with van der Waals surface area (Å²) in [6.07, 6.45) is 0.910. The summed E-state index contributed by atoms with van der Waals surface area (Å²) in [6, 6.07) is 13.6. The van der Waals surface area contributed by atoms with Gasteiger partial charge in [-0.05, 0) is 43.1 Å². The molecule has 0 aromatic heterocycles. The number of aliphatic hydroxyl groups is 1. The first kappa shape index (κ1) is 27.3. The van der Waals surface area contributed by atoms with Gasteiger partial charge < -0.3 is 24.4 Å². The van der Waals surface area contributed by atoms with E-state index in [4.69, 9.17) is 9.47 Å². The Bertz CT molecular complexity index is 1080. The highest BCUT2D eigenvalue weighted by Crippen LogP contribution is 2.42. The molecule has 0 saturated carbocycles. The number of benzene rings is 2. The fraction of sp³-hybridized carbons (Fsp3) is 0.448. The molecule has 2 aromatic rings. The monoisotopic (exact) mass is 494 g/mol. The van der Waals surface area contributed by atoms with Crippen LogP contribution in [0.2, 0.25) is 0 Å². The van der Waals surface area contributed by atoms with Crippen LogP contribution in [0, 0.1) is 5.92 Å². The molecule has 1 aliphatic heterocycles. The van der Waals surface area contributed by atoms with Crippen molar-refractivity contribution in [1.82, 2.24) is 9.80 Å². The lowest BCUT2D eigenvalue weighted by Gasteiger charge is -2.28. The van der Waals surface area contributed by atoms with E-state index in [2.05, 4.69) is 32.6 Å². The van der Waals surface area contributed by atoms with Crippen LogP contribution in [0.1, 0.15) is 51.3 Å². The lowest BCUT2D eigenvalue weighted by atomic mass is 9.95. The first-order valence-corrected chi connectivity index (χ1v) is 12.7. The molecule has 0 spiro atoms. The summed E-state index contributed by atoms with van der Waals surface area (Å²) in [6.45, 7) is 11.6. The van der Waals surface area contributed by atoms with Crippen LogP contribution in [0.4, 0.5) is 0 Å². The number of ketones is 1. The Morgan fingerprint density at radius 1 is 1.06 bits per heavy atom. The number of carbonyl (C=O) groups excluding carboxylic acids is 2.